The number of aromatic hydroxyl groups is 2. The number of benzene rings is 2. The first-order valence-corrected chi connectivity index (χ1v) is 6.32. The molecule has 0 aliphatic rings. The molecule has 2 rings (SSSR count). The van der Waals surface area contributed by atoms with Crippen LogP contribution in [0.25, 0.3) is 0 Å². The highest BCUT2D eigenvalue weighted by molar-refractivity contribution is 6.30. The van der Waals surface area contributed by atoms with Crippen LogP contribution in [-0.2, 0) is 0 Å². The minimum Gasteiger partial charge on any atom is -0.504 e. The van der Waals surface area contributed by atoms with Crippen LogP contribution in [0.15, 0.2) is 42.5 Å². The van der Waals surface area contributed by atoms with Gasteiger partial charge in [-0.15, -0.1) is 0 Å². The molecule has 2 aromatic rings. The van der Waals surface area contributed by atoms with Crippen LogP contribution >= 0.6 is 11.6 Å². The Hall–Kier alpha value is -2.53. The van der Waals surface area contributed by atoms with Gasteiger partial charge in [0.25, 0.3) is 0 Å². The number of halogens is 1. The minimum atomic E-state index is -0.456. The van der Waals surface area contributed by atoms with Crippen molar-refractivity contribution in [1.82, 2.24) is 0 Å². The summed E-state index contributed by atoms with van der Waals surface area (Å²) in [7, 11) is 0. The molecular formula is C15H15ClN2O3. The van der Waals surface area contributed by atoms with Gasteiger partial charge in [-0.25, -0.2) is 0 Å². The van der Waals surface area contributed by atoms with Crippen LogP contribution in [0.4, 0.5) is 0 Å². The molecule has 6 heteroatoms. The second kappa shape index (κ2) is 7.31. The van der Waals surface area contributed by atoms with E-state index < -0.39 is 5.91 Å². The maximum Gasteiger partial charge on any atom is 0.248 e. The Morgan fingerprint density at radius 1 is 1.19 bits per heavy atom. The Morgan fingerprint density at radius 2 is 1.81 bits per heavy atom. The van der Waals surface area contributed by atoms with Crippen LogP contribution in [0, 0.1) is 5.41 Å². The molecular weight excluding hydrogens is 292 g/mol. The minimum absolute atomic E-state index is 0.186. The highest BCUT2D eigenvalue weighted by atomic mass is 35.5. The fraction of sp³-hybridized carbons (Fsp3) is 0.0667. The lowest BCUT2D eigenvalue weighted by Gasteiger charge is -2.02. The van der Waals surface area contributed by atoms with Gasteiger partial charge in [-0.05, 0) is 37.3 Å². The number of hydrogen-bond donors (Lipinski definition) is 4. The van der Waals surface area contributed by atoms with Gasteiger partial charge in [-0.2, -0.15) is 0 Å². The zero-order valence-electron chi connectivity index (χ0n) is 11.3. The van der Waals surface area contributed by atoms with Crippen molar-refractivity contribution in [2.24, 2.45) is 5.73 Å². The first kappa shape index (κ1) is 16.5. The van der Waals surface area contributed by atoms with Gasteiger partial charge < -0.3 is 21.4 Å². The summed E-state index contributed by atoms with van der Waals surface area (Å²) in [5.41, 5.74) is 6.02. The molecule has 0 atom stereocenters. The molecule has 0 bridgehead atoms. The first-order valence-electron chi connectivity index (χ1n) is 5.94. The number of nitrogens with two attached hydrogens (primary N) is 1. The van der Waals surface area contributed by atoms with Gasteiger partial charge >= 0.3 is 0 Å². The van der Waals surface area contributed by atoms with Crippen LogP contribution < -0.4 is 5.73 Å². The van der Waals surface area contributed by atoms with E-state index in [9.17, 15) is 9.90 Å². The van der Waals surface area contributed by atoms with Crippen molar-refractivity contribution in [2.75, 3.05) is 0 Å². The van der Waals surface area contributed by atoms with Gasteiger partial charge in [0.15, 0.2) is 11.5 Å². The Labute approximate surface area is 127 Å². The normalized spacial score (nSPS) is 9.43. The van der Waals surface area contributed by atoms with Crippen molar-refractivity contribution in [3.05, 3.63) is 58.6 Å². The second-order valence-corrected chi connectivity index (χ2v) is 4.61. The lowest BCUT2D eigenvalue weighted by molar-refractivity contribution is 0.100. The Balaban J connectivity index is 0.000000211. The van der Waals surface area contributed by atoms with Gasteiger partial charge in [0.1, 0.15) is 0 Å². The predicted molar refractivity (Wildman–Crippen MR) is 82.2 cm³/mol. The molecule has 0 saturated carbocycles. The Morgan fingerprint density at radius 3 is 2.24 bits per heavy atom. The van der Waals surface area contributed by atoms with Gasteiger partial charge in [-0.1, -0.05) is 23.7 Å². The summed E-state index contributed by atoms with van der Waals surface area (Å²) in [5, 5.41) is 25.9. The maximum absolute atomic E-state index is 10.5. The third-order valence-corrected chi connectivity index (χ3v) is 2.76. The molecule has 0 aliphatic carbocycles. The quantitative estimate of drug-likeness (QED) is 0.506. The summed E-state index contributed by atoms with van der Waals surface area (Å²) in [6.07, 6.45) is 0. The summed E-state index contributed by atoms with van der Waals surface area (Å²) in [6.45, 7) is 1.55. The number of phenols is 2. The van der Waals surface area contributed by atoms with Gasteiger partial charge in [-0.3, -0.25) is 4.79 Å². The van der Waals surface area contributed by atoms with E-state index in [1.807, 2.05) is 0 Å². The molecule has 0 aromatic heterocycles. The molecule has 110 valence electrons. The van der Waals surface area contributed by atoms with Gasteiger partial charge in [0.2, 0.25) is 5.91 Å². The lowest BCUT2D eigenvalue weighted by Crippen LogP contribution is -2.10. The summed E-state index contributed by atoms with van der Waals surface area (Å²) in [5.74, 6) is -0.864. The van der Waals surface area contributed by atoms with Gasteiger partial charge in [0, 0.05) is 21.9 Å². The largest absolute Gasteiger partial charge is 0.504 e. The van der Waals surface area contributed by atoms with Crippen molar-refractivity contribution in [2.45, 2.75) is 6.92 Å². The van der Waals surface area contributed by atoms with Crippen LogP contribution in [0.1, 0.15) is 22.8 Å². The van der Waals surface area contributed by atoms with E-state index in [2.05, 4.69) is 0 Å². The topological polar surface area (TPSA) is 107 Å². The van der Waals surface area contributed by atoms with E-state index in [4.69, 9.17) is 27.9 Å². The number of phenolic OH excluding ortho intramolecular Hbond substituents is 2. The fourth-order valence-electron chi connectivity index (χ4n) is 1.48. The number of carbonyl (C=O) groups excluding carboxylic acids is 1. The van der Waals surface area contributed by atoms with Crippen LogP contribution in [-0.4, -0.2) is 21.8 Å². The molecule has 0 unspecified atom stereocenters. The first-order chi connectivity index (χ1) is 9.82. The highest BCUT2D eigenvalue weighted by Gasteiger charge is 2.05. The van der Waals surface area contributed by atoms with E-state index >= 15 is 0 Å². The van der Waals surface area contributed by atoms with E-state index in [0.29, 0.717) is 16.1 Å². The molecule has 0 fully saturated rings. The summed E-state index contributed by atoms with van der Waals surface area (Å²) in [6, 6.07) is 11.1. The summed E-state index contributed by atoms with van der Waals surface area (Å²) in [4.78, 5) is 10.5. The average Bonchev–Trinajstić information content (AvgIpc) is 2.42. The number of hydrogen-bond acceptors (Lipinski definition) is 4. The van der Waals surface area contributed by atoms with E-state index in [1.54, 1.807) is 37.3 Å². The lowest BCUT2D eigenvalue weighted by atomic mass is 10.1. The Kier molecular flexibility index (Phi) is 5.75. The summed E-state index contributed by atoms with van der Waals surface area (Å²) < 4.78 is 0. The molecule has 2 aromatic carbocycles. The molecule has 1 amide bonds. The van der Waals surface area contributed by atoms with Crippen LogP contribution in [0.2, 0.25) is 5.02 Å². The highest BCUT2D eigenvalue weighted by Crippen LogP contribution is 2.28. The van der Waals surface area contributed by atoms with Crippen molar-refractivity contribution < 1.29 is 15.0 Å². The molecule has 0 heterocycles. The zero-order valence-corrected chi connectivity index (χ0v) is 12.1. The SMILES string of the molecule is CC(=N)c1cccc(O)c1O.NC(=O)c1cccc(Cl)c1. The monoisotopic (exact) mass is 306 g/mol. The number of rotatable bonds is 2. The maximum atomic E-state index is 10.5. The van der Waals surface area contributed by atoms with Crippen molar-refractivity contribution in [1.29, 1.82) is 5.41 Å². The number of amides is 1. The predicted octanol–water partition coefficient (Wildman–Crippen LogP) is 2.92. The number of nitrogens with one attached hydrogen (secondary N) is 1. The second-order valence-electron chi connectivity index (χ2n) is 4.17. The van der Waals surface area contributed by atoms with Crippen molar-refractivity contribution >= 4 is 23.2 Å². The van der Waals surface area contributed by atoms with Crippen molar-refractivity contribution in [3.63, 3.8) is 0 Å². The van der Waals surface area contributed by atoms with E-state index in [-0.39, 0.29) is 17.2 Å². The molecule has 5 nitrogen and oxygen atoms in total. The van der Waals surface area contributed by atoms with Crippen LogP contribution in [0.3, 0.4) is 0 Å². The standard InChI is InChI=1S/C8H9NO2.C7H6ClNO/c1-5(9)6-3-2-4-7(10)8(6)11;8-6-3-1-2-5(4-6)7(9)10/h2-4,9-11H,1H3;1-4H,(H2,9,10). The zero-order chi connectivity index (χ0) is 16.0. The number of para-hydroxylation sites is 1. The van der Waals surface area contributed by atoms with Gasteiger partial charge in [0.05, 0.1) is 0 Å². The van der Waals surface area contributed by atoms with E-state index in [1.165, 1.54) is 12.1 Å². The Bertz CT molecular complexity index is 672. The third kappa shape index (κ3) is 4.81. The van der Waals surface area contributed by atoms with Crippen molar-refractivity contribution in [3.8, 4) is 11.5 Å². The molecule has 5 N–H and O–H groups in total. The van der Waals surface area contributed by atoms with E-state index in [0.717, 1.165) is 0 Å². The molecule has 0 spiro atoms. The molecule has 0 saturated heterocycles. The number of carbonyl (C=O) groups is 1. The summed E-state index contributed by atoms with van der Waals surface area (Å²) >= 11 is 5.58. The fourth-order valence-corrected chi connectivity index (χ4v) is 1.67. The third-order valence-electron chi connectivity index (χ3n) is 2.53. The number of primary amides is 1. The molecule has 0 aliphatic heterocycles. The van der Waals surface area contributed by atoms with Crippen LogP contribution in [0.5, 0.6) is 11.5 Å². The average molecular weight is 307 g/mol. The smallest absolute Gasteiger partial charge is 0.248 e. The molecule has 21 heavy (non-hydrogen) atoms. The molecule has 0 radical (unpaired) electrons.